The van der Waals surface area contributed by atoms with Gasteiger partial charge in [-0.1, -0.05) is 12.1 Å². The van der Waals surface area contributed by atoms with Crippen molar-refractivity contribution in [3.63, 3.8) is 0 Å². The molecule has 0 aliphatic rings. The third kappa shape index (κ3) is 1.39. The van der Waals surface area contributed by atoms with Crippen molar-refractivity contribution in [1.29, 1.82) is 0 Å². The summed E-state index contributed by atoms with van der Waals surface area (Å²) in [5.41, 5.74) is 2.96. The number of hydrogen-bond acceptors (Lipinski definition) is 3. The lowest BCUT2D eigenvalue weighted by atomic mass is 10.2. The number of aromatic nitrogens is 3. The first kappa shape index (κ1) is 8.49. The number of nitrogens with zero attached hydrogens (tertiary/aromatic N) is 3. The van der Waals surface area contributed by atoms with Crippen LogP contribution in [0.3, 0.4) is 0 Å². The van der Waals surface area contributed by atoms with Gasteiger partial charge in [0.25, 0.3) is 17.4 Å². The van der Waals surface area contributed by atoms with E-state index in [1.807, 2.05) is 46.4 Å². The summed E-state index contributed by atoms with van der Waals surface area (Å²) in [4.78, 5) is 4.30. The molecule has 0 fully saturated rings. The Bertz CT molecular complexity index is 589. The smallest absolute Gasteiger partial charge is 0.252 e. The Morgan fingerprint density at radius 1 is 1.07 bits per heavy atom. The summed E-state index contributed by atoms with van der Waals surface area (Å²) in [7, 11) is 0. The van der Waals surface area contributed by atoms with E-state index in [9.17, 15) is 0 Å². The van der Waals surface area contributed by atoms with Gasteiger partial charge in [-0.05, 0) is 24.3 Å². The van der Waals surface area contributed by atoms with Crippen LogP contribution in [0.2, 0.25) is 0 Å². The second-order valence-electron chi connectivity index (χ2n) is 3.15. The molecule has 15 heavy (non-hydrogen) atoms. The summed E-state index contributed by atoms with van der Waals surface area (Å²) in [6.45, 7) is 0. The van der Waals surface area contributed by atoms with E-state index in [1.165, 1.54) is 11.7 Å². The molecule has 0 aromatic carbocycles. The highest BCUT2D eigenvalue weighted by molar-refractivity contribution is 6.95. The van der Waals surface area contributed by atoms with Gasteiger partial charge in [-0.3, -0.25) is 4.98 Å². The van der Waals surface area contributed by atoms with E-state index in [-0.39, 0.29) is 0 Å². The molecular formula is C11H8N3S+. The Morgan fingerprint density at radius 3 is 2.87 bits per heavy atom. The number of fused-ring (bicyclic) bond motifs is 1. The molecule has 0 spiro atoms. The van der Waals surface area contributed by atoms with Gasteiger partial charge >= 0.3 is 0 Å². The van der Waals surface area contributed by atoms with E-state index in [4.69, 9.17) is 0 Å². The summed E-state index contributed by atoms with van der Waals surface area (Å²) in [5, 5.41) is 0. The maximum atomic E-state index is 4.41. The van der Waals surface area contributed by atoms with E-state index >= 15 is 0 Å². The van der Waals surface area contributed by atoms with Gasteiger partial charge in [-0.2, -0.15) is 0 Å². The van der Waals surface area contributed by atoms with E-state index in [0.717, 1.165) is 16.9 Å². The van der Waals surface area contributed by atoms with Crippen LogP contribution in [-0.2, 0) is 0 Å². The first-order valence-corrected chi connectivity index (χ1v) is 5.36. The second kappa shape index (κ2) is 3.40. The molecule has 0 amide bonds. The number of hydrogen-bond donors (Lipinski definition) is 0. The van der Waals surface area contributed by atoms with E-state index in [2.05, 4.69) is 9.36 Å². The molecule has 0 atom stereocenters. The van der Waals surface area contributed by atoms with Crippen LogP contribution in [0.4, 0.5) is 0 Å². The summed E-state index contributed by atoms with van der Waals surface area (Å²) in [5.74, 6) is 0. The Hall–Kier alpha value is -1.81. The van der Waals surface area contributed by atoms with Crippen molar-refractivity contribution in [3.05, 3.63) is 48.8 Å². The lowest BCUT2D eigenvalue weighted by molar-refractivity contribution is -0.432. The molecule has 4 heteroatoms. The minimum absolute atomic E-state index is 0.919. The Morgan fingerprint density at radius 2 is 2.00 bits per heavy atom. The molecule has 0 unspecified atom stereocenters. The zero-order chi connectivity index (χ0) is 10.1. The zero-order valence-electron chi connectivity index (χ0n) is 7.87. The zero-order valence-corrected chi connectivity index (χ0v) is 8.69. The minimum Gasteiger partial charge on any atom is -0.252 e. The number of pyridine rings is 2. The lowest BCUT2D eigenvalue weighted by Crippen LogP contribution is -2.12. The van der Waals surface area contributed by atoms with Crippen LogP contribution in [-0.4, -0.2) is 9.36 Å². The van der Waals surface area contributed by atoms with Crippen LogP contribution in [0, 0.1) is 0 Å². The van der Waals surface area contributed by atoms with Crippen LogP contribution in [0.15, 0.2) is 48.8 Å². The quantitative estimate of drug-likeness (QED) is 0.579. The summed E-state index contributed by atoms with van der Waals surface area (Å²) >= 11 is 1.44. The molecule has 3 nitrogen and oxygen atoms in total. The van der Waals surface area contributed by atoms with Crippen LogP contribution < -0.4 is 3.79 Å². The molecule has 0 saturated carbocycles. The molecule has 3 rings (SSSR count). The van der Waals surface area contributed by atoms with Gasteiger partial charge in [0, 0.05) is 10.6 Å². The SMILES string of the molecule is c1ccc(-c2ns[n+]3ccccc23)nc1. The van der Waals surface area contributed by atoms with Gasteiger partial charge < -0.3 is 0 Å². The van der Waals surface area contributed by atoms with Crippen molar-refractivity contribution in [2.45, 2.75) is 0 Å². The van der Waals surface area contributed by atoms with Crippen LogP contribution >= 0.6 is 11.7 Å². The van der Waals surface area contributed by atoms with Crippen LogP contribution in [0.25, 0.3) is 16.9 Å². The highest BCUT2D eigenvalue weighted by atomic mass is 32.1. The highest BCUT2D eigenvalue weighted by Crippen LogP contribution is 2.18. The fourth-order valence-corrected chi connectivity index (χ4v) is 2.21. The van der Waals surface area contributed by atoms with Crippen molar-refractivity contribution in [3.8, 4) is 11.4 Å². The maximum Gasteiger partial charge on any atom is 0.283 e. The van der Waals surface area contributed by atoms with Gasteiger partial charge in [-0.25, -0.2) is 0 Å². The van der Waals surface area contributed by atoms with Crippen molar-refractivity contribution < 1.29 is 3.79 Å². The number of rotatable bonds is 1. The third-order valence-electron chi connectivity index (χ3n) is 2.19. The van der Waals surface area contributed by atoms with Crippen molar-refractivity contribution in [2.75, 3.05) is 0 Å². The van der Waals surface area contributed by atoms with Gasteiger partial charge in [-0.15, -0.1) is 3.79 Å². The fraction of sp³-hybridized carbons (Fsp3) is 0. The molecule has 72 valence electrons. The summed E-state index contributed by atoms with van der Waals surface area (Å²) in [6.07, 6.45) is 3.79. The van der Waals surface area contributed by atoms with Crippen molar-refractivity contribution in [2.24, 2.45) is 0 Å². The van der Waals surface area contributed by atoms with Crippen LogP contribution in [0.1, 0.15) is 0 Å². The van der Waals surface area contributed by atoms with E-state index < -0.39 is 0 Å². The summed E-state index contributed by atoms with van der Waals surface area (Å²) in [6, 6.07) is 11.9. The highest BCUT2D eigenvalue weighted by Gasteiger charge is 2.17. The fourth-order valence-electron chi connectivity index (χ4n) is 1.50. The van der Waals surface area contributed by atoms with E-state index in [0.29, 0.717) is 0 Å². The second-order valence-corrected chi connectivity index (χ2v) is 3.89. The van der Waals surface area contributed by atoms with E-state index in [1.54, 1.807) is 6.20 Å². The van der Waals surface area contributed by atoms with Gasteiger partial charge in [0.15, 0.2) is 5.52 Å². The molecule has 0 aliphatic carbocycles. The monoisotopic (exact) mass is 214 g/mol. The lowest BCUT2D eigenvalue weighted by Gasteiger charge is -1.89. The molecule has 3 aromatic rings. The Kier molecular flexibility index (Phi) is 1.93. The van der Waals surface area contributed by atoms with Gasteiger partial charge in [0.2, 0.25) is 0 Å². The van der Waals surface area contributed by atoms with Crippen molar-refractivity contribution >= 4 is 17.2 Å². The predicted octanol–water partition coefficient (Wildman–Crippen LogP) is 1.94. The average Bonchev–Trinajstić information content (AvgIpc) is 2.74. The minimum atomic E-state index is 0.919. The normalized spacial score (nSPS) is 10.7. The first-order valence-electron chi connectivity index (χ1n) is 4.63. The molecule has 0 N–H and O–H groups in total. The first-order chi connectivity index (χ1) is 7.45. The average molecular weight is 214 g/mol. The molecule has 0 aliphatic heterocycles. The van der Waals surface area contributed by atoms with Crippen LogP contribution in [0.5, 0.6) is 0 Å². The predicted molar refractivity (Wildman–Crippen MR) is 58.5 cm³/mol. The maximum absolute atomic E-state index is 4.41. The third-order valence-corrected chi connectivity index (χ3v) is 2.95. The standard InChI is InChI=1S/C11H8N3S/c1-3-7-12-9(5-1)11-10-6-2-4-8-14(10)15-13-11/h1-8H/q+1. The molecular weight excluding hydrogens is 206 g/mol. The largest absolute Gasteiger partial charge is 0.283 e. The van der Waals surface area contributed by atoms with Gasteiger partial charge in [0.1, 0.15) is 11.9 Å². The Labute approximate surface area is 91.0 Å². The molecule has 0 bridgehead atoms. The van der Waals surface area contributed by atoms with Gasteiger partial charge in [0.05, 0.1) is 0 Å². The Balaban J connectivity index is 2.28. The molecule has 0 saturated heterocycles. The molecule has 0 radical (unpaired) electrons. The topological polar surface area (TPSA) is 29.9 Å². The van der Waals surface area contributed by atoms with Crippen molar-refractivity contribution in [1.82, 2.24) is 9.36 Å². The molecule has 3 heterocycles. The summed E-state index contributed by atoms with van der Waals surface area (Å²) < 4.78 is 6.44. The molecule has 3 aromatic heterocycles.